The van der Waals surface area contributed by atoms with Crippen molar-refractivity contribution in [3.63, 3.8) is 0 Å². The molecule has 3 aliphatic rings. The molecule has 1 aliphatic carbocycles. The highest BCUT2D eigenvalue weighted by Crippen LogP contribution is 2.56. The second-order valence-corrected chi connectivity index (χ2v) is 5.19. The molecule has 5 nitrogen and oxygen atoms in total. The standard InChI is InChI=1S/C12H17N3O2/c1-3-4-10(16)15-7-9-5-12(15,6-9)11-14-13-8(2)17-11/h9H,3-7H2,1-2H3. The Morgan fingerprint density at radius 1 is 1.53 bits per heavy atom. The van der Waals surface area contributed by atoms with Gasteiger partial charge in [-0.2, -0.15) is 0 Å². The van der Waals surface area contributed by atoms with Crippen LogP contribution in [0, 0.1) is 12.8 Å². The van der Waals surface area contributed by atoms with Crippen LogP contribution in [0.3, 0.4) is 0 Å². The predicted molar refractivity (Wildman–Crippen MR) is 60.1 cm³/mol. The summed E-state index contributed by atoms with van der Waals surface area (Å²) in [4.78, 5) is 14.1. The Balaban J connectivity index is 1.89. The lowest BCUT2D eigenvalue weighted by atomic mass is 9.73. The molecule has 1 aromatic rings. The lowest BCUT2D eigenvalue weighted by molar-refractivity contribution is -0.136. The van der Waals surface area contributed by atoms with E-state index in [4.69, 9.17) is 4.42 Å². The van der Waals surface area contributed by atoms with Crippen molar-refractivity contribution < 1.29 is 9.21 Å². The monoisotopic (exact) mass is 235 g/mol. The minimum atomic E-state index is -0.266. The van der Waals surface area contributed by atoms with Gasteiger partial charge in [-0.05, 0) is 25.2 Å². The fourth-order valence-corrected chi connectivity index (χ4v) is 3.14. The molecule has 0 radical (unpaired) electrons. The zero-order valence-electron chi connectivity index (χ0n) is 10.3. The van der Waals surface area contributed by atoms with Crippen LogP contribution in [0.1, 0.15) is 44.4 Å². The number of aryl methyl sites for hydroxylation is 1. The third kappa shape index (κ3) is 1.41. The molecule has 2 aliphatic heterocycles. The Bertz CT molecular complexity index is 448. The molecule has 0 atom stereocenters. The van der Waals surface area contributed by atoms with E-state index in [2.05, 4.69) is 10.2 Å². The highest BCUT2D eigenvalue weighted by atomic mass is 16.4. The molecule has 1 amide bonds. The minimum Gasteiger partial charge on any atom is -0.423 e. The van der Waals surface area contributed by atoms with E-state index < -0.39 is 0 Å². The number of aromatic nitrogens is 2. The van der Waals surface area contributed by atoms with E-state index in [9.17, 15) is 4.79 Å². The van der Waals surface area contributed by atoms with Crippen molar-refractivity contribution >= 4 is 5.91 Å². The quantitative estimate of drug-likeness (QED) is 0.798. The number of nitrogens with zero attached hydrogens (tertiary/aromatic N) is 3. The van der Waals surface area contributed by atoms with E-state index in [1.165, 1.54) is 0 Å². The molecule has 0 spiro atoms. The van der Waals surface area contributed by atoms with Gasteiger partial charge in [0.2, 0.25) is 17.7 Å². The van der Waals surface area contributed by atoms with Gasteiger partial charge in [-0.25, -0.2) is 0 Å². The summed E-state index contributed by atoms with van der Waals surface area (Å²) in [6.45, 7) is 4.68. The normalized spacial score (nSPS) is 30.5. The van der Waals surface area contributed by atoms with Crippen LogP contribution in [0.25, 0.3) is 0 Å². The molecular weight excluding hydrogens is 218 g/mol. The first-order chi connectivity index (χ1) is 8.15. The molecule has 0 unspecified atom stereocenters. The summed E-state index contributed by atoms with van der Waals surface area (Å²) in [7, 11) is 0. The van der Waals surface area contributed by atoms with Gasteiger partial charge in [-0.3, -0.25) is 4.79 Å². The van der Waals surface area contributed by atoms with Gasteiger partial charge in [0.15, 0.2) is 0 Å². The fraction of sp³-hybridized carbons (Fsp3) is 0.750. The van der Waals surface area contributed by atoms with Crippen molar-refractivity contribution in [2.45, 2.75) is 45.1 Å². The maximum Gasteiger partial charge on any atom is 0.242 e. The summed E-state index contributed by atoms with van der Waals surface area (Å²) in [5.41, 5.74) is -0.266. The molecule has 1 saturated carbocycles. The highest BCUT2D eigenvalue weighted by molar-refractivity contribution is 5.78. The summed E-state index contributed by atoms with van der Waals surface area (Å²) >= 11 is 0. The lowest BCUT2D eigenvalue weighted by Gasteiger charge is -2.38. The van der Waals surface area contributed by atoms with E-state index in [1.807, 2.05) is 11.8 Å². The molecule has 4 rings (SSSR count). The molecule has 92 valence electrons. The van der Waals surface area contributed by atoms with E-state index >= 15 is 0 Å². The molecule has 2 saturated heterocycles. The van der Waals surface area contributed by atoms with Crippen molar-refractivity contribution in [3.8, 4) is 0 Å². The Morgan fingerprint density at radius 2 is 2.29 bits per heavy atom. The molecule has 3 fully saturated rings. The Kier molecular flexibility index (Phi) is 2.24. The van der Waals surface area contributed by atoms with Gasteiger partial charge in [-0.15, -0.1) is 10.2 Å². The van der Waals surface area contributed by atoms with Crippen molar-refractivity contribution in [3.05, 3.63) is 11.8 Å². The SMILES string of the molecule is CCCC(=O)N1CC2CC1(c1nnc(C)o1)C2. The number of amides is 1. The maximum atomic E-state index is 12.1. The average Bonchev–Trinajstić information content (AvgIpc) is 2.87. The first-order valence-electron chi connectivity index (χ1n) is 6.27. The van der Waals surface area contributed by atoms with Crippen molar-refractivity contribution in [1.29, 1.82) is 0 Å². The zero-order valence-corrected chi connectivity index (χ0v) is 10.3. The second-order valence-electron chi connectivity index (χ2n) is 5.19. The molecule has 2 bridgehead atoms. The minimum absolute atomic E-state index is 0.225. The number of rotatable bonds is 3. The van der Waals surface area contributed by atoms with Gasteiger partial charge in [0.05, 0.1) is 0 Å². The van der Waals surface area contributed by atoms with Crippen molar-refractivity contribution in [1.82, 2.24) is 15.1 Å². The summed E-state index contributed by atoms with van der Waals surface area (Å²) in [6.07, 6.45) is 3.48. The van der Waals surface area contributed by atoms with E-state index in [-0.39, 0.29) is 11.4 Å². The first-order valence-corrected chi connectivity index (χ1v) is 6.27. The number of fused-ring (bicyclic) bond motifs is 1. The van der Waals surface area contributed by atoms with Gasteiger partial charge >= 0.3 is 0 Å². The van der Waals surface area contributed by atoms with Gasteiger partial charge < -0.3 is 9.32 Å². The molecule has 5 heteroatoms. The lowest BCUT2D eigenvalue weighted by Crippen LogP contribution is -2.46. The largest absolute Gasteiger partial charge is 0.423 e. The molecule has 0 aromatic carbocycles. The smallest absolute Gasteiger partial charge is 0.242 e. The van der Waals surface area contributed by atoms with Crippen LogP contribution in [0.5, 0.6) is 0 Å². The van der Waals surface area contributed by atoms with Crippen LogP contribution in [0.2, 0.25) is 0 Å². The summed E-state index contributed by atoms with van der Waals surface area (Å²) in [6, 6.07) is 0. The van der Waals surface area contributed by atoms with Gasteiger partial charge in [0.25, 0.3) is 0 Å². The predicted octanol–water partition coefficient (Wildman–Crippen LogP) is 1.63. The van der Waals surface area contributed by atoms with Crippen LogP contribution >= 0.6 is 0 Å². The number of hydrogen-bond acceptors (Lipinski definition) is 4. The maximum absolute atomic E-state index is 12.1. The Morgan fingerprint density at radius 3 is 2.88 bits per heavy atom. The van der Waals surface area contributed by atoms with Crippen LogP contribution in [-0.4, -0.2) is 27.5 Å². The van der Waals surface area contributed by atoms with E-state index in [0.717, 1.165) is 25.8 Å². The van der Waals surface area contributed by atoms with Gasteiger partial charge in [0.1, 0.15) is 5.54 Å². The molecule has 17 heavy (non-hydrogen) atoms. The molecular formula is C12H17N3O2. The Labute approximate surface area is 100 Å². The topological polar surface area (TPSA) is 59.2 Å². The van der Waals surface area contributed by atoms with Crippen LogP contribution in [0.15, 0.2) is 4.42 Å². The second kappa shape index (κ2) is 3.55. The summed E-state index contributed by atoms with van der Waals surface area (Å²) < 4.78 is 5.55. The third-order valence-corrected chi connectivity index (χ3v) is 3.90. The zero-order chi connectivity index (χ0) is 12.0. The first kappa shape index (κ1) is 10.7. The number of hydrogen-bond donors (Lipinski definition) is 0. The van der Waals surface area contributed by atoms with Crippen LogP contribution in [-0.2, 0) is 10.3 Å². The molecule has 0 N–H and O–H groups in total. The van der Waals surface area contributed by atoms with Crippen molar-refractivity contribution in [2.75, 3.05) is 6.54 Å². The molecule has 3 heterocycles. The Hall–Kier alpha value is -1.39. The fourth-order valence-electron chi connectivity index (χ4n) is 3.14. The third-order valence-electron chi connectivity index (χ3n) is 3.90. The van der Waals surface area contributed by atoms with Crippen LogP contribution in [0.4, 0.5) is 0 Å². The number of carbonyl (C=O) groups is 1. The van der Waals surface area contributed by atoms with E-state index in [1.54, 1.807) is 6.92 Å². The van der Waals surface area contributed by atoms with Gasteiger partial charge in [-0.1, -0.05) is 6.92 Å². The summed E-state index contributed by atoms with van der Waals surface area (Å²) in [5.74, 6) is 2.06. The summed E-state index contributed by atoms with van der Waals surface area (Å²) in [5, 5.41) is 8.01. The van der Waals surface area contributed by atoms with Crippen LogP contribution < -0.4 is 0 Å². The van der Waals surface area contributed by atoms with Gasteiger partial charge in [0, 0.05) is 19.9 Å². The van der Waals surface area contributed by atoms with E-state index in [0.29, 0.717) is 24.1 Å². The molecule has 1 aromatic heterocycles. The number of carbonyl (C=O) groups excluding carboxylic acids is 1. The average molecular weight is 235 g/mol. The highest BCUT2D eigenvalue weighted by Gasteiger charge is 2.61. The van der Waals surface area contributed by atoms with Crippen molar-refractivity contribution in [2.24, 2.45) is 5.92 Å².